The molecule has 0 aliphatic heterocycles. The highest BCUT2D eigenvalue weighted by atomic mass is 16.1. The number of hydrogen-bond donors (Lipinski definition) is 1. The molecule has 1 heterocycles. The van der Waals surface area contributed by atoms with Crippen molar-refractivity contribution in [3.8, 4) is 0 Å². The first-order valence-electron chi connectivity index (χ1n) is 5.92. The zero-order chi connectivity index (χ0) is 11.8. The zero-order valence-electron chi connectivity index (χ0n) is 10.1. The van der Waals surface area contributed by atoms with E-state index in [1.165, 1.54) is 6.20 Å². The molecule has 0 aliphatic carbocycles. The number of unbranched alkanes of at least 4 members (excludes halogenated alkanes) is 1. The van der Waals surface area contributed by atoms with Gasteiger partial charge in [0, 0.05) is 18.9 Å². The van der Waals surface area contributed by atoms with E-state index in [2.05, 4.69) is 24.1 Å². The Balaban J connectivity index is 2.12. The minimum Gasteiger partial charge on any atom is -0.316 e. The van der Waals surface area contributed by atoms with Gasteiger partial charge < -0.3 is 5.32 Å². The minimum atomic E-state index is -0.155. The van der Waals surface area contributed by atoms with Gasteiger partial charge in [0.25, 0.3) is 0 Å². The zero-order valence-corrected chi connectivity index (χ0v) is 10.1. The molecule has 0 aliphatic rings. The third-order valence-electron chi connectivity index (χ3n) is 2.34. The van der Waals surface area contributed by atoms with Gasteiger partial charge in [0.1, 0.15) is 0 Å². The molecule has 16 heavy (non-hydrogen) atoms. The highest BCUT2D eigenvalue weighted by Crippen LogP contribution is 1.92. The van der Waals surface area contributed by atoms with Crippen LogP contribution in [0.4, 0.5) is 0 Å². The lowest BCUT2D eigenvalue weighted by Crippen LogP contribution is -2.23. The molecule has 4 heteroatoms. The molecule has 0 fully saturated rings. The van der Waals surface area contributed by atoms with Crippen molar-refractivity contribution in [2.75, 3.05) is 13.1 Å². The molecule has 1 aromatic heterocycles. The van der Waals surface area contributed by atoms with E-state index in [0.717, 1.165) is 32.5 Å². The smallest absolute Gasteiger partial charge is 0.316 e. The third-order valence-corrected chi connectivity index (χ3v) is 2.34. The van der Waals surface area contributed by atoms with Gasteiger partial charge in [-0.1, -0.05) is 13.8 Å². The number of rotatable bonds is 7. The van der Waals surface area contributed by atoms with Crippen LogP contribution in [-0.4, -0.2) is 22.6 Å². The molecule has 0 saturated carbocycles. The van der Waals surface area contributed by atoms with Gasteiger partial charge in [-0.25, -0.2) is 9.78 Å². The van der Waals surface area contributed by atoms with E-state index in [-0.39, 0.29) is 5.69 Å². The molecule has 1 aromatic rings. The van der Waals surface area contributed by atoms with Crippen molar-refractivity contribution in [2.24, 2.45) is 5.92 Å². The van der Waals surface area contributed by atoms with E-state index in [0.29, 0.717) is 5.92 Å². The maximum absolute atomic E-state index is 11.3. The topological polar surface area (TPSA) is 46.9 Å². The number of aromatic nitrogens is 2. The van der Waals surface area contributed by atoms with Crippen LogP contribution >= 0.6 is 0 Å². The van der Waals surface area contributed by atoms with Crippen LogP contribution < -0.4 is 11.0 Å². The number of hydrogen-bond acceptors (Lipinski definition) is 3. The van der Waals surface area contributed by atoms with Crippen LogP contribution in [0.2, 0.25) is 0 Å². The van der Waals surface area contributed by atoms with Crippen LogP contribution in [0, 0.1) is 5.92 Å². The number of aryl methyl sites for hydroxylation is 1. The Hall–Kier alpha value is -1.16. The molecule has 1 N–H and O–H groups in total. The molecule has 0 saturated heterocycles. The minimum absolute atomic E-state index is 0.155. The molecule has 0 radical (unpaired) electrons. The summed E-state index contributed by atoms with van der Waals surface area (Å²) < 4.78 is 1.66. The summed E-state index contributed by atoms with van der Waals surface area (Å²) in [5, 5.41) is 3.38. The van der Waals surface area contributed by atoms with Gasteiger partial charge in [-0.05, 0) is 37.9 Å². The van der Waals surface area contributed by atoms with E-state index in [1.807, 2.05) is 0 Å². The van der Waals surface area contributed by atoms with E-state index < -0.39 is 0 Å². The summed E-state index contributed by atoms with van der Waals surface area (Å²) in [6.45, 7) is 7.24. The second kappa shape index (κ2) is 7.17. The quantitative estimate of drug-likeness (QED) is 0.708. The van der Waals surface area contributed by atoms with Crippen LogP contribution in [0.1, 0.15) is 26.7 Å². The normalized spacial score (nSPS) is 10.9. The van der Waals surface area contributed by atoms with Gasteiger partial charge in [0.05, 0.1) is 0 Å². The van der Waals surface area contributed by atoms with Crippen molar-refractivity contribution in [2.45, 2.75) is 33.2 Å². The highest BCUT2D eigenvalue weighted by Gasteiger charge is 1.95. The van der Waals surface area contributed by atoms with Crippen molar-refractivity contribution in [3.63, 3.8) is 0 Å². The van der Waals surface area contributed by atoms with Crippen LogP contribution in [0.5, 0.6) is 0 Å². The van der Waals surface area contributed by atoms with Gasteiger partial charge >= 0.3 is 5.69 Å². The Bertz CT molecular complexity index is 346. The molecule has 0 spiro atoms. The number of nitrogens with zero attached hydrogens (tertiary/aromatic N) is 2. The SMILES string of the molecule is CC(C)CNCCCCn1cccnc1=O. The second-order valence-electron chi connectivity index (χ2n) is 4.40. The van der Waals surface area contributed by atoms with E-state index in [9.17, 15) is 4.79 Å². The summed E-state index contributed by atoms with van der Waals surface area (Å²) in [4.78, 5) is 15.0. The standard InChI is InChI=1S/C12H21N3O/c1-11(2)10-13-6-3-4-8-15-9-5-7-14-12(15)16/h5,7,9,11,13H,3-4,6,8,10H2,1-2H3. The Morgan fingerprint density at radius 1 is 1.44 bits per heavy atom. The molecule has 1 rings (SSSR count). The summed E-state index contributed by atoms with van der Waals surface area (Å²) in [5.41, 5.74) is -0.155. The third kappa shape index (κ3) is 5.07. The molecular weight excluding hydrogens is 202 g/mol. The molecule has 0 atom stereocenters. The van der Waals surface area contributed by atoms with Crippen molar-refractivity contribution in [3.05, 3.63) is 28.9 Å². The predicted octanol–water partition coefficient (Wildman–Crippen LogP) is 1.27. The van der Waals surface area contributed by atoms with Crippen molar-refractivity contribution in [1.82, 2.24) is 14.9 Å². The fraction of sp³-hybridized carbons (Fsp3) is 0.667. The molecule has 4 nitrogen and oxygen atoms in total. The summed E-state index contributed by atoms with van der Waals surface area (Å²) in [6, 6.07) is 1.79. The monoisotopic (exact) mass is 223 g/mol. The summed E-state index contributed by atoms with van der Waals surface area (Å²) in [5.74, 6) is 0.695. The van der Waals surface area contributed by atoms with Gasteiger partial charge in [0.2, 0.25) is 0 Å². The molecular formula is C12H21N3O. The first kappa shape index (κ1) is 12.9. The molecule has 0 unspecified atom stereocenters. The van der Waals surface area contributed by atoms with Crippen molar-refractivity contribution in [1.29, 1.82) is 0 Å². The lowest BCUT2D eigenvalue weighted by Gasteiger charge is -2.07. The van der Waals surface area contributed by atoms with Crippen molar-refractivity contribution < 1.29 is 0 Å². The lowest BCUT2D eigenvalue weighted by atomic mass is 10.2. The van der Waals surface area contributed by atoms with Gasteiger partial charge in [0.15, 0.2) is 0 Å². The largest absolute Gasteiger partial charge is 0.347 e. The first-order valence-corrected chi connectivity index (χ1v) is 5.92. The Kier molecular flexibility index (Phi) is 5.78. The molecule has 90 valence electrons. The van der Waals surface area contributed by atoms with E-state index in [4.69, 9.17) is 0 Å². The van der Waals surface area contributed by atoms with Crippen LogP contribution in [-0.2, 0) is 6.54 Å². The second-order valence-corrected chi connectivity index (χ2v) is 4.40. The Morgan fingerprint density at radius 3 is 2.94 bits per heavy atom. The summed E-state index contributed by atoms with van der Waals surface area (Å²) in [6.07, 6.45) is 5.42. The summed E-state index contributed by atoms with van der Waals surface area (Å²) >= 11 is 0. The summed E-state index contributed by atoms with van der Waals surface area (Å²) in [7, 11) is 0. The molecule has 0 aromatic carbocycles. The van der Waals surface area contributed by atoms with E-state index in [1.54, 1.807) is 16.8 Å². The Morgan fingerprint density at radius 2 is 2.25 bits per heavy atom. The average Bonchev–Trinajstić information content (AvgIpc) is 2.25. The first-order chi connectivity index (χ1) is 7.70. The maximum atomic E-state index is 11.3. The van der Waals surface area contributed by atoms with Gasteiger partial charge in [-0.3, -0.25) is 4.57 Å². The predicted molar refractivity (Wildman–Crippen MR) is 65.4 cm³/mol. The Labute approximate surface area is 96.7 Å². The highest BCUT2D eigenvalue weighted by molar-refractivity contribution is 4.80. The van der Waals surface area contributed by atoms with Gasteiger partial charge in [-0.2, -0.15) is 0 Å². The van der Waals surface area contributed by atoms with Crippen molar-refractivity contribution >= 4 is 0 Å². The van der Waals surface area contributed by atoms with Crippen LogP contribution in [0.25, 0.3) is 0 Å². The lowest BCUT2D eigenvalue weighted by molar-refractivity contribution is 0.514. The molecule has 0 amide bonds. The maximum Gasteiger partial charge on any atom is 0.347 e. The van der Waals surface area contributed by atoms with Crippen LogP contribution in [0.3, 0.4) is 0 Å². The number of nitrogens with one attached hydrogen (secondary N) is 1. The fourth-order valence-electron chi connectivity index (χ4n) is 1.48. The molecule has 0 bridgehead atoms. The fourth-order valence-corrected chi connectivity index (χ4v) is 1.48. The van der Waals surface area contributed by atoms with Crippen LogP contribution in [0.15, 0.2) is 23.3 Å². The van der Waals surface area contributed by atoms with E-state index >= 15 is 0 Å². The van der Waals surface area contributed by atoms with Gasteiger partial charge in [-0.15, -0.1) is 0 Å². The average molecular weight is 223 g/mol.